The van der Waals surface area contributed by atoms with Crippen LogP contribution in [0.25, 0.3) is 0 Å². The van der Waals surface area contributed by atoms with Crippen molar-refractivity contribution in [1.82, 2.24) is 5.32 Å². The second-order valence-corrected chi connectivity index (χ2v) is 5.84. The highest BCUT2D eigenvalue weighted by molar-refractivity contribution is 7.90. The summed E-state index contributed by atoms with van der Waals surface area (Å²) >= 11 is 0. The van der Waals surface area contributed by atoms with Crippen LogP contribution in [0, 0.1) is 0 Å². The van der Waals surface area contributed by atoms with Crippen molar-refractivity contribution < 1.29 is 13.2 Å². The summed E-state index contributed by atoms with van der Waals surface area (Å²) in [5.41, 5.74) is 3.27. The molecule has 0 aliphatic rings. The van der Waals surface area contributed by atoms with E-state index in [0.717, 1.165) is 6.26 Å². The average Bonchev–Trinajstić information content (AvgIpc) is 2.27. The molecule has 94 valence electrons. The molecule has 0 aliphatic heterocycles. The maximum Gasteiger partial charge on any atom is 0.253 e. The van der Waals surface area contributed by atoms with Crippen molar-refractivity contribution >= 4 is 21.4 Å². The predicted molar refractivity (Wildman–Crippen MR) is 66.3 cm³/mol. The molecule has 0 saturated heterocycles. The van der Waals surface area contributed by atoms with E-state index in [0.29, 0.717) is 11.3 Å². The minimum absolute atomic E-state index is 0.0799. The maximum absolute atomic E-state index is 11.7. The Hall–Kier alpha value is -1.60. The van der Waals surface area contributed by atoms with Gasteiger partial charge in [0, 0.05) is 12.8 Å². The van der Waals surface area contributed by atoms with Crippen molar-refractivity contribution in [3.63, 3.8) is 0 Å². The predicted octanol–water partition coefficient (Wildman–Crippen LogP) is -0.253. The molecule has 0 atom stereocenters. The Morgan fingerprint density at radius 2 is 2.00 bits per heavy atom. The number of nitrogens with two attached hydrogens (primary N) is 1. The summed E-state index contributed by atoms with van der Waals surface area (Å²) < 4.78 is 21.8. The van der Waals surface area contributed by atoms with E-state index in [9.17, 15) is 13.2 Å². The monoisotopic (exact) mass is 257 g/mol. The number of nitrogens with one attached hydrogen (secondary N) is 2. The zero-order chi connectivity index (χ0) is 12.9. The summed E-state index contributed by atoms with van der Waals surface area (Å²) in [4.78, 5) is 11.7. The van der Waals surface area contributed by atoms with Gasteiger partial charge in [-0.1, -0.05) is 12.1 Å². The molecule has 4 N–H and O–H groups in total. The van der Waals surface area contributed by atoms with Gasteiger partial charge in [-0.25, -0.2) is 8.42 Å². The first-order chi connectivity index (χ1) is 7.94. The highest BCUT2D eigenvalue weighted by atomic mass is 32.2. The molecule has 0 heterocycles. The summed E-state index contributed by atoms with van der Waals surface area (Å²) in [5.74, 6) is 4.82. The molecule has 7 heteroatoms. The number of hydrogen-bond acceptors (Lipinski definition) is 5. The van der Waals surface area contributed by atoms with E-state index in [1.165, 1.54) is 0 Å². The Morgan fingerprint density at radius 1 is 1.35 bits per heavy atom. The summed E-state index contributed by atoms with van der Waals surface area (Å²) in [6.45, 7) is 0.0799. The zero-order valence-corrected chi connectivity index (χ0v) is 10.3. The first-order valence-electron chi connectivity index (χ1n) is 4.95. The van der Waals surface area contributed by atoms with Crippen LogP contribution in [-0.2, 0) is 9.84 Å². The van der Waals surface area contributed by atoms with Gasteiger partial charge in [0.1, 0.15) is 9.84 Å². The van der Waals surface area contributed by atoms with Gasteiger partial charge in [0.25, 0.3) is 5.91 Å². The molecule has 0 spiro atoms. The van der Waals surface area contributed by atoms with E-state index in [1.54, 1.807) is 24.3 Å². The largest absolute Gasteiger partial charge is 0.351 e. The maximum atomic E-state index is 11.7. The van der Waals surface area contributed by atoms with E-state index in [1.807, 2.05) is 0 Å². The molecule has 0 aliphatic carbocycles. The van der Waals surface area contributed by atoms with E-state index in [4.69, 9.17) is 5.84 Å². The minimum Gasteiger partial charge on any atom is -0.351 e. The molecule has 0 radical (unpaired) electrons. The molecule has 0 aromatic heterocycles. The third-order valence-electron chi connectivity index (χ3n) is 2.09. The Labute approximate surface area is 100 Å². The van der Waals surface area contributed by atoms with Gasteiger partial charge >= 0.3 is 0 Å². The molecule has 1 amide bonds. The number of para-hydroxylation sites is 1. The standard InChI is InChI=1S/C10H15N3O3S/c1-17(15,16)7-6-12-10(14)8-4-2-3-5-9(8)13-11/h2-5,13H,6-7,11H2,1H3,(H,12,14). The lowest BCUT2D eigenvalue weighted by atomic mass is 10.1. The zero-order valence-electron chi connectivity index (χ0n) is 9.43. The molecular weight excluding hydrogens is 242 g/mol. The molecule has 1 aromatic rings. The van der Waals surface area contributed by atoms with Crippen LogP contribution in [0.4, 0.5) is 5.69 Å². The van der Waals surface area contributed by atoms with Crippen molar-refractivity contribution in [2.75, 3.05) is 24.0 Å². The summed E-state index contributed by atoms with van der Waals surface area (Å²) in [6, 6.07) is 6.70. The number of carbonyl (C=O) groups excluding carboxylic acids is 1. The number of sulfone groups is 1. The van der Waals surface area contributed by atoms with Gasteiger partial charge in [0.05, 0.1) is 17.0 Å². The van der Waals surface area contributed by atoms with E-state index in [2.05, 4.69) is 10.7 Å². The van der Waals surface area contributed by atoms with Gasteiger partial charge in [-0.15, -0.1) is 0 Å². The van der Waals surface area contributed by atoms with Crippen LogP contribution >= 0.6 is 0 Å². The number of amides is 1. The summed E-state index contributed by atoms with van der Waals surface area (Å²) in [6.07, 6.45) is 1.12. The molecular formula is C10H15N3O3S. The average molecular weight is 257 g/mol. The third kappa shape index (κ3) is 4.41. The SMILES string of the molecule is CS(=O)(=O)CCNC(=O)c1ccccc1NN. The fourth-order valence-electron chi connectivity index (χ4n) is 1.25. The second-order valence-electron chi connectivity index (χ2n) is 3.58. The van der Waals surface area contributed by atoms with Crippen LogP contribution in [0.2, 0.25) is 0 Å². The van der Waals surface area contributed by atoms with Crippen molar-refractivity contribution in [3.8, 4) is 0 Å². The number of carbonyl (C=O) groups is 1. The molecule has 0 fully saturated rings. The van der Waals surface area contributed by atoms with Gasteiger partial charge < -0.3 is 10.7 Å². The highest BCUT2D eigenvalue weighted by Gasteiger charge is 2.10. The Balaban J connectivity index is 2.64. The summed E-state index contributed by atoms with van der Waals surface area (Å²) in [7, 11) is -3.07. The van der Waals surface area contributed by atoms with Crippen molar-refractivity contribution in [2.45, 2.75) is 0 Å². The minimum atomic E-state index is -3.07. The normalized spacial score (nSPS) is 10.9. The quantitative estimate of drug-likeness (QED) is 0.498. The van der Waals surface area contributed by atoms with E-state index >= 15 is 0 Å². The summed E-state index contributed by atoms with van der Waals surface area (Å²) in [5, 5.41) is 2.52. The Kier molecular flexibility index (Phi) is 4.47. The van der Waals surface area contributed by atoms with E-state index in [-0.39, 0.29) is 18.2 Å². The van der Waals surface area contributed by atoms with Crippen LogP contribution in [0.5, 0.6) is 0 Å². The number of hydrazine groups is 1. The molecule has 0 saturated carbocycles. The lowest BCUT2D eigenvalue weighted by molar-refractivity contribution is 0.0957. The Bertz CT molecular complexity index is 499. The third-order valence-corrected chi connectivity index (χ3v) is 3.03. The smallest absolute Gasteiger partial charge is 0.253 e. The number of rotatable bonds is 5. The fourth-order valence-corrected chi connectivity index (χ4v) is 1.73. The van der Waals surface area contributed by atoms with Crippen molar-refractivity contribution in [2.24, 2.45) is 5.84 Å². The molecule has 1 rings (SSSR count). The molecule has 17 heavy (non-hydrogen) atoms. The van der Waals surface area contributed by atoms with Gasteiger partial charge in [-0.2, -0.15) is 0 Å². The molecule has 1 aromatic carbocycles. The van der Waals surface area contributed by atoms with Crippen LogP contribution < -0.4 is 16.6 Å². The second kappa shape index (κ2) is 5.65. The van der Waals surface area contributed by atoms with Gasteiger partial charge in [0.2, 0.25) is 0 Å². The Morgan fingerprint density at radius 3 is 2.59 bits per heavy atom. The molecule has 0 bridgehead atoms. The number of anilines is 1. The molecule has 0 unspecified atom stereocenters. The van der Waals surface area contributed by atoms with Crippen LogP contribution in [0.15, 0.2) is 24.3 Å². The van der Waals surface area contributed by atoms with Gasteiger partial charge in [0.15, 0.2) is 0 Å². The van der Waals surface area contributed by atoms with Gasteiger partial charge in [-0.05, 0) is 12.1 Å². The van der Waals surface area contributed by atoms with Crippen molar-refractivity contribution in [1.29, 1.82) is 0 Å². The first-order valence-corrected chi connectivity index (χ1v) is 7.01. The lowest BCUT2D eigenvalue weighted by Crippen LogP contribution is -2.29. The van der Waals surface area contributed by atoms with Crippen LogP contribution in [0.1, 0.15) is 10.4 Å². The van der Waals surface area contributed by atoms with Crippen LogP contribution in [0.3, 0.4) is 0 Å². The number of benzene rings is 1. The van der Waals surface area contributed by atoms with Crippen molar-refractivity contribution in [3.05, 3.63) is 29.8 Å². The number of hydrogen-bond donors (Lipinski definition) is 3. The highest BCUT2D eigenvalue weighted by Crippen LogP contribution is 2.12. The van der Waals surface area contributed by atoms with Gasteiger partial charge in [-0.3, -0.25) is 10.6 Å². The molecule has 6 nitrogen and oxygen atoms in total. The van der Waals surface area contributed by atoms with Crippen LogP contribution in [-0.4, -0.2) is 32.9 Å². The number of nitrogen functional groups attached to an aromatic ring is 1. The first kappa shape index (κ1) is 13.5. The lowest BCUT2D eigenvalue weighted by Gasteiger charge is -2.08. The topological polar surface area (TPSA) is 101 Å². The van der Waals surface area contributed by atoms with E-state index < -0.39 is 9.84 Å². The fraction of sp³-hybridized carbons (Fsp3) is 0.300.